The van der Waals surface area contributed by atoms with E-state index in [1.165, 1.54) is 7.11 Å². The first-order valence-electron chi connectivity index (χ1n) is 6.33. The Morgan fingerprint density at radius 3 is 2.52 bits per heavy atom. The molecule has 2 aromatic carbocycles. The molecule has 0 N–H and O–H groups in total. The predicted molar refractivity (Wildman–Crippen MR) is 82.7 cm³/mol. The summed E-state index contributed by atoms with van der Waals surface area (Å²) in [5, 5.41) is 0. The molecule has 0 heterocycles. The lowest BCUT2D eigenvalue weighted by molar-refractivity contribution is 0.120. The zero-order valence-electron chi connectivity index (χ0n) is 11.8. The highest BCUT2D eigenvalue weighted by atomic mass is 79.9. The molecule has 0 spiro atoms. The number of benzene rings is 2. The van der Waals surface area contributed by atoms with Crippen LogP contribution in [0, 0.1) is 6.92 Å². The molecule has 4 nitrogen and oxygen atoms in total. The van der Waals surface area contributed by atoms with Crippen LogP contribution in [0.15, 0.2) is 46.9 Å². The monoisotopic (exact) mass is 350 g/mol. The standard InChI is InChI=1S/C16H15BrO4/c1-11-6-8-12(9-7-11)20-10-13-14(17)4-3-5-15(13)21-16(18)19-2/h3-9H,10H2,1-2H3. The van der Waals surface area contributed by atoms with E-state index in [9.17, 15) is 4.79 Å². The molecule has 0 aliphatic rings. The molecule has 0 aliphatic carbocycles. The number of carbonyl (C=O) groups is 1. The first kappa shape index (κ1) is 15.4. The Labute approximate surface area is 131 Å². The van der Waals surface area contributed by atoms with Crippen LogP contribution in [-0.4, -0.2) is 13.3 Å². The van der Waals surface area contributed by atoms with Crippen molar-refractivity contribution >= 4 is 22.1 Å². The van der Waals surface area contributed by atoms with E-state index in [-0.39, 0.29) is 6.61 Å². The lowest BCUT2D eigenvalue weighted by atomic mass is 10.2. The van der Waals surface area contributed by atoms with Crippen molar-refractivity contribution < 1.29 is 19.0 Å². The van der Waals surface area contributed by atoms with E-state index in [2.05, 4.69) is 20.7 Å². The molecule has 0 unspecified atom stereocenters. The second-order valence-corrected chi connectivity index (χ2v) is 5.23. The van der Waals surface area contributed by atoms with Crippen LogP contribution in [0.1, 0.15) is 11.1 Å². The van der Waals surface area contributed by atoms with Crippen LogP contribution in [0.5, 0.6) is 11.5 Å². The van der Waals surface area contributed by atoms with Crippen molar-refractivity contribution in [2.45, 2.75) is 13.5 Å². The van der Waals surface area contributed by atoms with Gasteiger partial charge in [-0.3, -0.25) is 0 Å². The lowest BCUT2D eigenvalue weighted by Gasteiger charge is -2.12. The fourth-order valence-corrected chi connectivity index (χ4v) is 2.16. The zero-order chi connectivity index (χ0) is 15.2. The maximum Gasteiger partial charge on any atom is 0.513 e. The van der Waals surface area contributed by atoms with Crippen molar-refractivity contribution in [3.05, 3.63) is 58.1 Å². The van der Waals surface area contributed by atoms with Gasteiger partial charge in [0.2, 0.25) is 0 Å². The summed E-state index contributed by atoms with van der Waals surface area (Å²) in [5.74, 6) is 1.16. The van der Waals surface area contributed by atoms with Crippen LogP contribution in [0.4, 0.5) is 4.79 Å². The Morgan fingerprint density at radius 1 is 1.14 bits per heavy atom. The number of hydrogen-bond acceptors (Lipinski definition) is 4. The molecule has 0 saturated carbocycles. The molecule has 0 saturated heterocycles. The average molecular weight is 351 g/mol. The summed E-state index contributed by atoms with van der Waals surface area (Å²) in [6.07, 6.45) is -0.760. The van der Waals surface area contributed by atoms with Gasteiger partial charge >= 0.3 is 6.16 Å². The van der Waals surface area contributed by atoms with E-state index in [0.717, 1.165) is 21.3 Å². The second-order valence-electron chi connectivity index (χ2n) is 4.37. The van der Waals surface area contributed by atoms with E-state index in [0.29, 0.717) is 5.75 Å². The molecule has 0 aromatic heterocycles. The summed E-state index contributed by atoms with van der Waals surface area (Å²) in [6, 6.07) is 13.1. The third-order valence-corrected chi connectivity index (χ3v) is 3.58. The number of rotatable bonds is 4. The summed E-state index contributed by atoms with van der Waals surface area (Å²) in [5.41, 5.74) is 1.90. The van der Waals surface area contributed by atoms with Crippen molar-refractivity contribution in [1.82, 2.24) is 0 Å². The minimum Gasteiger partial charge on any atom is -0.489 e. The van der Waals surface area contributed by atoms with Crippen LogP contribution in [-0.2, 0) is 11.3 Å². The number of methoxy groups -OCH3 is 1. The molecule has 21 heavy (non-hydrogen) atoms. The van der Waals surface area contributed by atoms with Crippen LogP contribution < -0.4 is 9.47 Å². The Kier molecular flexibility index (Phi) is 5.22. The third kappa shape index (κ3) is 4.23. The van der Waals surface area contributed by atoms with Gasteiger partial charge in [-0.25, -0.2) is 4.79 Å². The van der Waals surface area contributed by atoms with Gasteiger partial charge in [-0.15, -0.1) is 0 Å². The molecular weight excluding hydrogens is 336 g/mol. The normalized spacial score (nSPS) is 10.0. The van der Waals surface area contributed by atoms with Gasteiger partial charge in [-0.05, 0) is 31.2 Å². The lowest BCUT2D eigenvalue weighted by Crippen LogP contribution is -2.10. The fourth-order valence-electron chi connectivity index (χ4n) is 1.70. The quantitative estimate of drug-likeness (QED) is 0.602. The Balaban J connectivity index is 2.14. The first-order chi connectivity index (χ1) is 10.1. The van der Waals surface area contributed by atoms with Crippen LogP contribution in [0.2, 0.25) is 0 Å². The molecule has 0 bridgehead atoms. The maximum absolute atomic E-state index is 11.3. The van der Waals surface area contributed by atoms with Crippen molar-refractivity contribution in [2.75, 3.05) is 7.11 Å². The van der Waals surface area contributed by atoms with Crippen molar-refractivity contribution in [2.24, 2.45) is 0 Å². The predicted octanol–water partition coefficient (Wildman–Crippen LogP) is 4.48. The number of ether oxygens (including phenoxy) is 3. The number of aryl methyl sites for hydroxylation is 1. The zero-order valence-corrected chi connectivity index (χ0v) is 13.3. The molecule has 0 amide bonds. The Bertz CT molecular complexity index is 623. The molecule has 0 aliphatic heterocycles. The average Bonchev–Trinajstić information content (AvgIpc) is 2.48. The molecule has 0 radical (unpaired) electrons. The Hall–Kier alpha value is -2.01. The minimum atomic E-state index is -0.760. The van der Waals surface area contributed by atoms with E-state index < -0.39 is 6.16 Å². The van der Waals surface area contributed by atoms with Crippen molar-refractivity contribution in [1.29, 1.82) is 0 Å². The maximum atomic E-state index is 11.3. The first-order valence-corrected chi connectivity index (χ1v) is 7.12. The molecule has 2 aromatic rings. The fraction of sp³-hybridized carbons (Fsp3) is 0.188. The molecular formula is C16H15BrO4. The van der Waals surface area contributed by atoms with Gasteiger partial charge < -0.3 is 14.2 Å². The van der Waals surface area contributed by atoms with Gasteiger partial charge in [0.05, 0.1) is 7.11 Å². The topological polar surface area (TPSA) is 44.8 Å². The number of halogens is 1. The van der Waals surface area contributed by atoms with Gasteiger partial charge in [0, 0.05) is 10.0 Å². The van der Waals surface area contributed by atoms with Gasteiger partial charge in [0.25, 0.3) is 0 Å². The largest absolute Gasteiger partial charge is 0.513 e. The van der Waals surface area contributed by atoms with Crippen molar-refractivity contribution in [3.63, 3.8) is 0 Å². The number of carbonyl (C=O) groups excluding carboxylic acids is 1. The molecule has 0 fully saturated rings. The highest BCUT2D eigenvalue weighted by molar-refractivity contribution is 9.10. The van der Waals surface area contributed by atoms with Crippen LogP contribution in [0.25, 0.3) is 0 Å². The summed E-state index contributed by atoms with van der Waals surface area (Å²) >= 11 is 3.43. The highest BCUT2D eigenvalue weighted by Crippen LogP contribution is 2.28. The SMILES string of the molecule is COC(=O)Oc1cccc(Br)c1COc1ccc(C)cc1. The Morgan fingerprint density at radius 2 is 1.86 bits per heavy atom. The van der Waals surface area contributed by atoms with Crippen LogP contribution >= 0.6 is 15.9 Å². The van der Waals surface area contributed by atoms with E-state index in [1.54, 1.807) is 12.1 Å². The smallest absolute Gasteiger partial charge is 0.489 e. The van der Waals surface area contributed by atoms with Gasteiger partial charge in [0.15, 0.2) is 0 Å². The number of hydrogen-bond donors (Lipinski definition) is 0. The van der Waals surface area contributed by atoms with Gasteiger partial charge in [0.1, 0.15) is 18.1 Å². The molecule has 2 rings (SSSR count). The summed E-state index contributed by atoms with van der Waals surface area (Å²) in [6.45, 7) is 2.29. The molecule has 110 valence electrons. The summed E-state index contributed by atoms with van der Waals surface area (Å²) in [4.78, 5) is 11.3. The van der Waals surface area contributed by atoms with E-state index in [4.69, 9.17) is 9.47 Å². The molecule has 0 atom stereocenters. The third-order valence-electron chi connectivity index (χ3n) is 2.84. The highest BCUT2D eigenvalue weighted by Gasteiger charge is 2.13. The second kappa shape index (κ2) is 7.13. The van der Waals surface area contributed by atoms with E-state index >= 15 is 0 Å². The van der Waals surface area contributed by atoms with Crippen molar-refractivity contribution in [3.8, 4) is 11.5 Å². The van der Waals surface area contributed by atoms with Gasteiger partial charge in [-0.1, -0.05) is 39.7 Å². The minimum absolute atomic E-state index is 0.275. The van der Waals surface area contributed by atoms with E-state index in [1.807, 2.05) is 37.3 Å². The summed E-state index contributed by atoms with van der Waals surface area (Å²) < 4.78 is 16.1. The van der Waals surface area contributed by atoms with Gasteiger partial charge in [-0.2, -0.15) is 0 Å². The summed E-state index contributed by atoms with van der Waals surface area (Å²) in [7, 11) is 1.27. The van der Waals surface area contributed by atoms with Crippen LogP contribution in [0.3, 0.4) is 0 Å². The molecule has 5 heteroatoms.